The number of carbonyl (C=O) groups is 1. The molecule has 0 aliphatic carbocycles. The molecule has 0 aliphatic rings. The number of hydrogen-bond acceptors (Lipinski definition) is 3. The third-order valence-electron chi connectivity index (χ3n) is 4.01. The van der Waals surface area contributed by atoms with Crippen LogP contribution in [0.1, 0.15) is 28.4 Å². The summed E-state index contributed by atoms with van der Waals surface area (Å²) in [7, 11) is 0. The monoisotopic (exact) mass is 312 g/mol. The van der Waals surface area contributed by atoms with Crippen molar-refractivity contribution < 1.29 is 15.0 Å². The van der Waals surface area contributed by atoms with E-state index in [0.717, 1.165) is 17.3 Å². The number of carboxylic acid groups (broad SMARTS) is 1. The average Bonchev–Trinajstić information content (AvgIpc) is 2.93. The SMILES string of the molecule is CCc1ccc2[nH]c(-c3[nH]c(=O)c(C(=O)O)c(O)c3C)cc2c1. The van der Waals surface area contributed by atoms with Crippen molar-refractivity contribution in [2.24, 2.45) is 0 Å². The van der Waals surface area contributed by atoms with Gasteiger partial charge < -0.3 is 20.2 Å². The van der Waals surface area contributed by atoms with Gasteiger partial charge in [-0.2, -0.15) is 0 Å². The third kappa shape index (κ3) is 2.38. The molecule has 0 fully saturated rings. The van der Waals surface area contributed by atoms with Gasteiger partial charge in [0, 0.05) is 16.5 Å². The number of H-pyrrole nitrogens is 2. The van der Waals surface area contributed by atoms with Crippen molar-refractivity contribution in [3.63, 3.8) is 0 Å². The molecule has 3 rings (SSSR count). The zero-order chi connectivity index (χ0) is 16.7. The van der Waals surface area contributed by atoms with Gasteiger partial charge in [-0.25, -0.2) is 4.79 Å². The van der Waals surface area contributed by atoms with Gasteiger partial charge in [0.05, 0.1) is 11.4 Å². The quantitative estimate of drug-likeness (QED) is 0.596. The first-order valence-electron chi connectivity index (χ1n) is 7.23. The normalized spacial score (nSPS) is 11.0. The Kier molecular flexibility index (Phi) is 3.44. The summed E-state index contributed by atoms with van der Waals surface area (Å²) < 4.78 is 0. The molecule has 3 aromatic rings. The fourth-order valence-electron chi connectivity index (χ4n) is 2.69. The van der Waals surface area contributed by atoms with Crippen LogP contribution in [0, 0.1) is 6.92 Å². The van der Waals surface area contributed by atoms with Crippen molar-refractivity contribution in [2.75, 3.05) is 0 Å². The predicted molar refractivity (Wildman–Crippen MR) is 87.1 cm³/mol. The fraction of sp³-hybridized carbons (Fsp3) is 0.176. The van der Waals surface area contributed by atoms with Crippen LogP contribution in [-0.4, -0.2) is 26.2 Å². The van der Waals surface area contributed by atoms with Crippen LogP contribution < -0.4 is 5.56 Å². The van der Waals surface area contributed by atoms with E-state index < -0.39 is 22.8 Å². The van der Waals surface area contributed by atoms with Crippen molar-refractivity contribution in [1.29, 1.82) is 0 Å². The molecule has 2 aromatic heterocycles. The van der Waals surface area contributed by atoms with E-state index in [1.165, 1.54) is 5.56 Å². The molecule has 0 atom stereocenters. The molecule has 6 heteroatoms. The third-order valence-corrected chi connectivity index (χ3v) is 4.01. The Morgan fingerprint density at radius 2 is 1.96 bits per heavy atom. The number of aromatic carboxylic acids is 1. The number of hydrogen-bond donors (Lipinski definition) is 4. The number of carboxylic acids is 1. The zero-order valence-electron chi connectivity index (χ0n) is 12.7. The lowest BCUT2D eigenvalue weighted by atomic mass is 10.1. The van der Waals surface area contributed by atoms with Gasteiger partial charge in [-0.1, -0.05) is 13.0 Å². The Bertz CT molecular complexity index is 982. The molecule has 0 saturated carbocycles. The molecular formula is C17H16N2O4. The second kappa shape index (κ2) is 5.31. The van der Waals surface area contributed by atoms with Crippen molar-refractivity contribution in [1.82, 2.24) is 9.97 Å². The number of rotatable bonds is 3. The molecule has 0 radical (unpaired) electrons. The number of aromatic amines is 2. The molecule has 4 N–H and O–H groups in total. The summed E-state index contributed by atoms with van der Waals surface area (Å²) >= 11 is 0. The van der Waals surface area contributed by atoms with Gasteiger partial charge in [-0.05, 0) is 37.1 Å². The minimum absolute atomic E-state index is 0.310. The Balaban J connectivity index is 2.23. The summed E-state index contributed by atoms with van der Waals surface area (Å²) in [6, 6.07) is 7.89. The first-order valence-corrected chi connectivity index (χ1v) is 7.23. The Morgan fingerprint density at radius 3 is 2.61 bits per heavy atom. The minimum atomic E-state index is -1.46. The molecule has 0 bridgehead atoms. The van der Waals surface area contributed by atoms with Gasteiger partial charge in [0.15, 0.2) is 5.56 Å². The molecule has 23 heavy (non-hydrogen) atoms. The van der Waals surface area contributed by atoms with Crippen LogP contribution in [0.25, 0.3) is 22.3 Å². The predicted octanol–water partition coefficient (Wildman–Crippen LogP) is 2.80. The molecule has 0 aliphatic heterocycles. The van der Waals surface area contributed by atoms with Crippen LogP contribution >= 0.6 is 0 Å². The van der Waals surface area contributed by atoms with Gasteiger partial charge >= 0.3 is 5.97 Å². The van der Waals surface area contributed by atoms with Crippen LogP contribution in [0.4, 0.5) is 0 Å². The number of aromatic hydroxyl groups is 1. The van der Waals surface area contributed by atoms with Crippen LogP contribution in [0.5, 0.6) is 5.75 Å². The van der Waals surface area contributed by atoms with Crippen molar-refractivity contribution in [3.05, 3.63) is 51.3 Å². The lowest BCUT2D eigenvalue weighted by Crippen LogP contribution is -2.19. The number of nitrogens with one attached hydrogen (secondary N) is 2. The highest BCUT2D eigenvalue weighted by Crippen LogP contribution is 2.30. The molecule has 0 saturated heterocycles. The number of aromatic nitrogens is 2. The standard InChI is InChI=1S/C17H16N2O4/c1-3-9-4-5-11-10(6-9)7-12(18-11)14-8(2)15(20)13(17(22)23)16(21)19-14/h4-7,18H,3H2,1-2H3,(H,22,23)(H2,19,20,21). The molecule has 6 nitrogen and oxygen atoms in total. The van der Waals surface area contributed by atoms with Gasteiger partial charge in [-0.3, -0.25) is 4.79 Å². The van der Waals surface area contributed by atoms with E-state index in [1.54, 1.807) is 6.92 Å². The van der Waals surface area contributed by atoms with E-state index in [9.17, 15) is 14.7 Å². The van der Waals surface area contributed by atoms with E-state index in [-0.39, 0.29) is 0 Å². The highest BCUT2D eigenvalue weighted by atomic mass is 16.4. The van der Waals surface area contributed by atoms with E-state index in [1.807, 2.05) is 24.3 Å². The van der Waals surface area contributed by atoms with E-state index >= 15 is 0 Å². The molecule has 1 aromatic carbocycles. The first kappa shape index (κ1) is 14.9. The largest absolute Gasteiger partial charge is 0.506 e. The van der Waals surface area contributed by atoms with Crippen molar-refractivity contribution >= 4 is 16.9 Å². The molecule has 0 spiro atoms. The van der Waals surface area contributed by atoms with E-state index in [2.05, 4.69) is 16.9 Å². The lowest BCUT2D eigenvalue weighted by molar-refractivity contribution is 0.0691. The van der Waals surface area contributed by atoms with Gasteiger partial charge in [0.1, 0.15) is 5.75 Å². The van der Waals surface area contributed by atoms with Crippen LogP contribution in [0.3, 0.4) is 0 Å². The van der Waals surface area contributed by atoms with Crippen molar-refractivity contribution in [3.8, 4) is 17.1 Å². The summed E-state index contributed by atoms with van der Waals surface area (Å²) in [6.45, 7) is 3.63. The number of fused-ring (bicyclic) bond motifs is 1. The maximum Gasteiger partial charge on any atom is 0.345 e. The van der Waals surface area contributed by atoms with Gasteiger partial charge in [0.25, 0.3) is 5.56 Å². The summed E-state index contributed by atoms with van der Waals surface area (Å²) in [6.07, 6.45) is 0.917. The molecule has 2 heterocycles. The number of pyridine rings is 1. The highest BCUT2D eigenvalue weighted by molar-refractivity contribution is 5.92. The van der Waals surface area contributed by atoms with E-state index in [0.29, 0.717) is 17.0 Å². The minimum Gasteiger partial charge on any atom is -0.506 e. The van der Waals surface area contributed by atoms with E-state index in [4.69, 9.17) is 5.11 Å². The Labute approximate surface area is 131 Å². The van der Waals surface area contributed by atoms with Gasteiger partial charge in [-0.15, -0.1) is 0 Å². The maximum absolute atomic E-state index is 11.9. The van der Waals surface area contributed by atoms with Crippen LogP contribution in [-0.2, 0) is 6.42 Å². The molecule has 118 valence electrons. The number of aryl methyl sites for hydroxylation is 1. The zero-order valence-corrected chi connectivity index (χ0v) is 12.7. The second-order valence-corrected chi connectivity index (χ2v) is 5.44. The highest BCUT2D eigenvalue weighted by Gasteiger charge is 2.21. The smallest absolute Gasteiger partial charge is 0.345 e. The summed E-state index contributed by atoms with van der Waals surface area (Å²) in [4.78, 5) is 28.7. The Hall–Kier alpha value is -3.02. The maximum atomic E-state index is 11.9. The lowest BCUT2D eigenvalue weighted by Gasteiger charge is -2.08. The summed E-state index contributed by atoms with van der Waals surface area (Å²) in [5.41, 5.74) is 1.93. The van der Waals surface area contributed by atoms with Crippen LogP contribution in [0.2, 0.25) is 0 Å². The van der Waals surface area contributed by atoms with Crippen LogP contribution in [0.15, 0.2) is 29.1 Å². The molecule has 0 unspecified atom stereocenters. The Morgan fingerprint density at radius 1 is 1.22 bits per heavy atom. The molecular weight excluding hydrogens is 296 g/mol. The fourth-order valence-corrected chi connectivity index (χ4v) is 2.69. The first-order chi connectivity index (χ1) is 10.9. The second-order valence-electron chi connectivity index (χ2n) is 5.44. The van der Waals surface area contributed by atoms with Gasteiger partial charge in [0.2, 0.25) is 0 Å². The summed E-state index contributed by atoms with van der Waals surface area (Å²) in [5, 5.41) is 20.0. The topological polar surface area (TPSA) is 106 Å². The summed E-state index contributed by atoms with van der Waals surface area (Å²) in [5.74, 6) is -1.97. The average molecular weight is 312 g/mol. The number of benzene rings is 1. The van der Waals surface area contributed by atoms with Crippen molar-refractivity contribution in [2.45, 2.75) is 20.3 Å². The molecule has 0 amide bonds.